The van der Waals surface area contributed by atoms with E-state index in [0.29, 0.717) is 11.3 Å². The van der Waals surface area contributed by atoms with Crippen LogP contribution < -0.4 is 4.74 Å². The predicted molar refractivity (Wildman–Crippen MR) is 75.1 cm³/mol. The van der Waals surface area contributed by atoms with Crippen LogP contribution in [0.2, 0.25) is 0 Å². The summed E-state index contributed by atoms with van der Waals surface area (Å²) >= 11 is 2.97. The maximum atomic E-state index is 13.7. The molecule has 0 spiro atoms. The smallest absolute Gasteiger partial charge is 0.173 e. The third-order valence-electron chi connectivity index (χ3n) is 2.78. The Hall–Kier alpha value is -1.75. The molecule has 0 fully saturated rings. The number of carbonyl (C=O) groups excluding carboxylic acids is 1. The number of ether oxygens (including phenoxy) is 1. The van der Waals surface area contributed by atoms with Crippen molar-refractivity contribution < 1.29 is 18.3 Å². The first kappa shape index (κ1) is 14.7. The van der Waals surface area contributed by atoms with Crippen molar-refractivity contribution in [3.63, 3.8) is 0 Å². The maximum Gasteiger partial charge on any atom is 0.173 e. The van der Waals surface area contributed by atoms with Gasteiger partial charge in [-0.3, -0.25) is 4.79 Å². The zero-order valence-corrected chi connectivity index (χ0v) is 12.2. The highest BCUT2D eigenvalue weighted by Crippen LogP contribution is 2.22. The zero-order valence-electron chi connectivity index (χ0n) is 10.6. The van der Waals surface area contributed by atoms with Crippen molar-refractivity contribution in [1.29, 1.82) is 0 Å². The monoisotopic (exact) mass is 340 g/mol. The molecule has 0 bridgehead atoms. The largest absolute Gasteiger partial charge is 0.497 e. The first-order valence-electron chi connectivity index (χ1n) is 5.82. The van der Waals surface area contributed by atoms with E-state index in [2.05, 4.69) is 15.9 Å². The lowest BCUT2D eigenvalue weighted by Gasteiger charge is -2.06. The molecule has 2 nitrogen and oxygen atoms in total. The lowest BCUT2D eigenvalue weighted by atomic mass is 10.0. The molecule has 0 aliphatic heterocycles. The molecule has 0 N–H and O–H groups in total. The Kier molecular flexibility index (Phi) is 4.49. The van der Waals surface area contributed by atoms with Gasteiger partial charge in [0.1, 0.15) is 17.4 Å². The van der Waals surface area contributed by atoms with Gasteiger partial charge in [-0.1, -0.05) is 28.1 Å². The molecule has 2 rings (SSSR count). The Bertz CT molecular complexity index is 633. The summed E-state index contributed by atoms with van der Waals surface area (Å²) in [7, 11) is 1.51. The first-order valence-corrected chi connectivity index (χ1v) is 6.61. The number of methoxy groups -OCH3 is 1. The highest BCUT2D eigenvalue weighted by Gasteiger charge is 2.18. The van der Waals surface area contributed by atoms with E-state index in [0.717, 1.165) is 12.1 Å². The van der Waals surface area contributed by atoms with Crippen molar-refractivity contribution in [3.8, 4) is 5.75 Å². The molecule has 0 heterocycles. The van der Waals surface area contributed by atoms with Crippen molar-refractivity contribution in [3.05, 3.63) is 63.6 Å². The minimum Gasteiger partial charge on any atom is -0.497 e. The first-order chi connectivity index (χ1) is 9.51. The Morgan fingerprint density at radius 1 is 1.20 bits per heavy atom. The number of hydrogen-bond donors (Lipinski definition) is 0. The second-order valence-electron chi connectivity index (χ2n) is 4.20. The second-order valence-corrected chi connectivity index (χ2v) is 5.11. The van der Waals surface area contributed by atoms with Gasteiger partial charge >= 0.3 is 0 Å². The quantitative estimate of drug-likeness (QED) is 0.781. The van der Waals surface area contributed by atoms with Gasteiger partial charge in [-0.15, -0.1) is 0 Å². The van der Waals surface area contributed by atoms with Crippen LogP contribution in [0.3, 0.4) is 0 Å². The third-order valence-corrected chi connectivity index (χ3v) is 3.24. The Morgan fingerprint density at radius 2 is 1.85 bits per heavy atom. The van der Waals surface area contributed by atoms with Gasteiger partial charge in [0, 0.05) is 10.9 Å². The van der Waals surface area contributed by atoms with Crippen LogP contribution in [-0.2, 0) is 6.42 Å². The highest BCUT2D eigenvalue weighted by molar-refractivity contribution is 9.10. The third kappa shape index (κ3) is 3.22. The zero-order chi connectivity index (χ0) is 14.7. The average Bonchev–Trinajstić information content (AvgIpc) is 2.37. The van der Waals surface area contributed by atoms with Crippen molar-refractivity contribution >= 4 is 21.7 Å². The summed E-state index contributed by atoms with van der Waals surface area (Å²) in [5, 5.41) is 0. The molecule has 2 aromatic carbocycles. The van der Waals surface area contributed by atoms with Gasteiger partial charge in [0.2, 0.25) is 0 Å². The summed E-state index contributed by atoms with van der Waals surface area (Å²) in [5.74, 6) is -1.76. The summed E-state index contributed by atoms with van der Waals surface area (Å²) in [6.07, 6.45) is -0.0906. The molecule has 0 amide bonds. The summed E-state index contributed by atoms with van der Waals surface area (Å²) < 4.78 is 32.7. The number of ketones is 1. The van der Waals surface area contributed by atoms with Gasteiger partial charge in [0.05, 0.1) is 12.7 Å². The van der Waals surface area contributed by atoms with E-state index < -0.39 is 23.0 Å². The molecule has 0 aliphatic rings. The Labute approximate surface area is 123 Å². The minimum atomic E-state index is -0.871. The standard InChI is InChI=1S/C15H11BrF2O2/c1-20-11-4-2-3-9(5-11)6-14(19)15-12(17)7-10(16)8-13(15)18/h2-5,7-8H,6H2,1H3. The number of benzene rings is 2. The van der Waals surface area contributed by atoms with Crippen LogP contribution in [0.4, 0.5) is 8.78 Å². The summed E-state index contributed by atoms with van der Waals surface area (Å²) in [6.45, 7) is 0. The van der Waals surface area contributed by atoms with Gasteiger partial charge in [-0.05, 0) is 29.8 Å². The maximum absolute atomic E-state index is 13.7. The van der Waals surface area contributed by atoms with Crippen molar-refractivity contribution in [2.75, 3.05) is 7.11 Å². The highest BCUT2D eigenvalue weighted by atomic mass is 79.9. The average molecular weight is 341 g/mol. The van der Waals surface area contributed by atoms with E-state index in [1.165, 1.54) is 7.11 Å². The summed E-state index contributed by atoms with van der Waals surface area (Å²) in [6, 6.07) is 8.95. The fourth-order valence-corrected chi connectivity index (χ4v) is 2.27. The lowest BCUT2D eigenvalue weighted by Crippen LogP contribution is -2.09. The molecule has 0 aromatic heterocycles. The van der Waals surface area contributed by atoms with Crippen molar-refractivity contribution in [2.45, 2.75) is 6.42 Å². The molecule has 0 radical (unpaired) electrons. The van der Waals surface area contributed by atoms with Crippen LogP contribution in [0.5, 0.6) is 5.75 Å². The molecular formula is C15H11BrF2O2. The summed E-state index contributed by atoms with van der Waals surface area (Å²) in [5.41, 5.74) is 0.118. The molecule has 5 heteroatoms. The molecule has 0 saturated carbocycles. The van der Waals surface area contributed by atoms with Crippen LogP contribution in [-0.4, -0.2) is 12.9 Å². The van der Waals surface area contributed by atoms with Crippen LogP contribution in [0.1, 0.15) is 15.9 Å². The van der Waals surface area contributed by atoms with Gasteiger partial charge < -0.3 is 4.74 Å². The molecule has 2 aromatic rings. The van der Waals surface area contributed by atoms with Crippen LogP contribution in [0, 0.1) is 11.6 Å². The Morgan fingerprint density at radius 3 is 2.45 bits per heavy atom. The molecule has 104 valence electrons. The van der Waals surface area contributed by atoms with E-state index in [1.807, 2.05) is 0 Å². The lowest BCUT2D eigenvalue weighted by molar-refractivity contribution is 0.0985. The molecule has 0 saturated heterocycles. The molecule has 20 heavy (non-hydrogen) atoms. The van der Waals surface area contributed by atoms with Crippen LogP contribution in [0.15, 0.2) is 40.9 Å². The number of halogens is 3. The second kappa shape index (κ2) is 6.13. The van der Waals surface area contributed by atoms with Crippen LogP contribution >= 0.6 is 15.9 Å². The van der Waals surface area contributed by atoms with Gasteiger partial charge in [0.15, 0.2) is 5.78 Å². The van der Waals surface area contributed by atoms with E-state index in [1.54, 1.807) is 24.3 Å². The van der Waals surface area contributed by atoms with E-state index >= 15 is 0 Å². The number of hydrogen-bond acceptors (Lipinski definition) is 2. The van der Waals surface area contributed by atoms with Crippen molar-refractivity contribution in [1.82, 2.24) is 0 Å². The molecule has 0 aliphatic carbocycles. The number of carbonyl (C=O) groups is 1. The Balaban J connectivity index is 2.28. The van der Waals surface area contributed by atoms with Crippen molar-refractivity contribution in [2.24, 2.45) is 0 Å². The summed E-state index contributed by atoms with van der Waals surface area (Å²) in [4.78, 5) is 12.0. The molecule has 0 unspecified atom stereocenters. The van der Waals surface area contributed by atoms with Crippen LogP contribution in [0.25, 0.3) is 0 Å². The van der Waals surface area contributed by atoms with E-state index in [-0.39, 0.29) is 10.9 Å². The fourth-order valence-electron chi connectivity index (χ4n) is 1.86. The fraction of sp³-hybridized carbons (Fsp3) is 0.133. The van der Waals surface area contributed by atoms with Gasteiger partial charge in [-0.2, -0.15) is 0 Å². The SMILES string of the molecule is COc1cccc(CC(=O)c2c(F)cc(Br)cc2F)c1. The predicted octanol–water partition coefficient (Wildman–Crippen LogP) is 4.16. The molecular weight excluding hydrogens is 330 g/mol. The minimum absolute atomic E-state index is 0.0906. The van der Waals surface area contributed by atoms with Gasteiger partial charge in [-0.25, -0.2) is 8.78 Å². The topological polar surface area (TPSA) is 26.3 Å². The van der Waals surface area contributed by atoms with E-state index in [4.69, 9.17) is 4.74 Å². The number of rotatable bonds is 4. The van der Waals surface area contributed by atoms with Gasteiger partial charge in [0.25, 0.3) is 0 Å². The molecule has 0 atom stereocenters. The van der Waals surface area contributed by atoms with E-state index in [9.17, 15) is 13.6 Å². The normalized spacial score (nSPS) is 10.4. The number of Topliss-reactive ketones (excluding diaryl/α,β-unsaturated/α-hetero) is 1.